The van der Waals surface area contributed by atoms with Crippen molar-refractivity contribution in [2.45, 2.75) is 24.6 Å². The first-order valence-corrected chi connectivity index (χ1v) is 6.22. The molecule has 3 N–H and O–H groups in total. The predicted octanol–water partition coefficient (Wildman–Crippen LogP) is -1.33. The van der Waals surface area contributed by atoms with Crippen molar-refractivity contribution >= 4 is 11.0 Å². The summed E-state index contributed by atoms with van der Waals surface area (Å²) in [5, 5.41) is 19.0. The number of rotatable bonds is 2. The van der Waals surface area contributed by atoms with E-state index < -0.39 is 42.5 Å². The van der Waals surface area contributed by atoms with E-state index in [1.54, 1.807) is 0 Å². The van der Waals surface area contributed by atoms with E-state index in [0.717, 1.165) is 4.57 Å². The summed E-state index contributed by atoms with van der Waals surface area (Å²) in [6.07, 6.45) is -4.61. The Morgan fingerprint density at radius 2 is 2.19 bits per heavy atom. The first-order chi connectivity index (χ1) is 10.0. The van der Waals surface area contributed by atoms with Gasteiger partial charge in [0.15, 0.2) is 12.4 Å². The maximum absolute atomic E-state index is 14.0. The number of aromatic amines is 1. The van der Waals surface area contributed by atoms with Crippen molar-refractivity contribution in [1.82, 2.24) is 14.5 Å². The molecule has 0 saturated carbocycles. The smallest absolute Gasteiger partial charge is 0.351 e. The molecule has 21 heavy (non-hydrogen) atoms. The van der Waals surface area contributed by atoms with Gasteiger partial charge in [0.25, 0.3) is 0 Å². The topological polar surface area (TPSA) is 117 Å². The van der Waals surface area contributed by atoms with Gasteiger partial charge in [-0.25, -0.2) is 9.18 Å². The molecule has 3 heterocycles. The second-order valence-electron chi connectivity index (χ2n) is 4.74. The minimum Gasteiger partial charge on any atom is -0.394 e. The number of aliphatic hydroxyl groups is 2. The molecular formula is C12H12FN3O5. The molecule has 1 fully saturated rings. The highest BCUT2D eigenvalue weighted by Gasteiger charge is 2.45. The van der Waals surface area contributed by atoms with Crippen molar-refractivity contribution < 1.29 is 19.3 Å². The number of aromatic nitrogens is 3. The summed E-state index contributed by atoms with van der Waals surface area (Å²) >= 11 is 0. The number of nitrogens with one attached hydrogen (secondary N) is 1. The summed E-state index contributed by atoms with van der Waals surface area (Å²) in [5.74, 6) is 0. The van der Waals surface area contributed by atoms with E-state index in [1.165, 1.54) is 18.3 Å². The number of hydrogen-bond donors (Lipinski definition) is 3. The molecule has 3 rings (SSSR count). The SMILES string of the molecule is O=c1ccc2cn([C@H]3O[C@H](CO)[C@@H](O)[C@H]3F)c(=O)nc2[nH]1. The largest absolute Gasteiger partial charge is 0.394 e. The number of nitrogens with zero attached hydrogens (tertiary/aromatic N) is 2. The fourth-order valence-corrected chi connectivity index (χ4v) is 2.29. The second-order valence-corrected chi connectivity index (χ2v) is 4.74. The Bertz CT molecular complexity index is 788. The van der Waals surface area contributed by atoms with Gasteiger partial charge in [0.2, 0.25) is 5.56 Å². The van der Waals surface area contributed by atoms with Gasteiger partial charge in [-0.2, -0.15) is 4.98 Å². The molecule has 1 aliphatic rings. The molecule has 0 spiro atoms. The van der Waals surface area contributed by atoms with E-state index in [4.69, 9.17) is 9.84 Å². The molecule has 1 saturated heterocycles. The number of ether oxygens (including phenoxy) is 1. The lowest BCUT2D eigenvalue weighted by Gasteiger charge is -2.16. The van der Waals surface area contributed by atoms with E-state index in [0.29, 0.717) is 5.39 Å². The van der Waals surface area contributed by atoms with Crippen LogP contribution in [0.25, 0.3) is 11.0 Å². The van der Waals surface area contributed by atoms with Crippen LogP contribution in [0.4, 0.5) is 4.39 Å². The summed E-state index contributed by atoms with van der Waals surface area (Å²) in [5.41, 5.74) is -1.16. The third-order valence-electron chi connectivity index (χ3n) is 3.38. The highest BCUT2D eigenvalue weighted by atomic mass is 19.1. The van der Waals surface area contributed by atoms with Crippen LogP contribution in [0.15, 0.2) is 27.9 Å². The first-order valence-electron chi connectivity index (χ1n) is 6.22. The molecule has 2 aromatic rings. The van der Waals surface area contributed by atoms with Gasteiger partial charge in [0.05, 0.1) is 6.61 Å². The standard InChI is InChI=1S/C12H12FN3O5/c13-8-9(19)6(4-17)21-11(8)16-3-5-1-2-7(18)14-10(5)15-12(16)20/h1-3,6,8-9,11,17,19H,4H2,(H,14,15,18,20)/t6-,8-,9-,11+/m1/s1. The van der Waals surface area contributed by atoms with Crippen LogP contribution in [-0.4, -0.2) is 49.7 Å². The van der Waals surface area contributed by atoms with Crippen molar-refractivity contribution in [2.75, 3.05) is 6.61 Å². The van der Waals surface area contributed by atoms with E-state index in [-0.39, 0.29) is 5.65 Å². The number of H-pyrrole nitrogens is 1. The Labute approximate surface area is 116 Å². The molecule has 0 amide bonds. The number of hydrogen-bond acceptors (Lipinski definition) is 6. The molecule has 1 aliphatic heterocycles. The molecule has 0 bridgehead atoms. The molecule has 0 radical (unpaired) electrons. The maximum Gasteiger partial charge on any atom is 0.351 e. The maximum atomic E-state index is 14.0. The molecule has 0 aromatic carbocycles. The van der Waals surface area contributed by atoms with Crippen LogP contribution in [0.2, 0.25) is 0 Å². The van der Waals surface area contributed by atoms with Crippen LogP contribution < -0.4 is 11.2 Å². The molecule has 0 aliphatic carbocycles. The van der Waals surface area contributed by atoms with Crippen molar-refractivity contribution in [3.05, 3.63) is 39.2 Å². The van der Waals surface area contributed by atoms with Gasteiger partial charge in [-0.05, 0) is 6.07 Å². The molecule has 0 unspecified atom stereocenters. The molecule has 4 atom stereocenters. The van der Waals surface area contributed by atoms with Gasteiger partial charge < -0.3 is 19.9 Å². The predicted molar refractivity (Wildman–Crippen MR) is 68.5 cm³/mol. The minimum atomic E-state index is -1.87. The first kappa shape index (κ1) is 13.9. The molecule has 2 aromatic heterocycles. The fourth-order valence-electron chi connectivity index (χ4n) is 2.29. The lowest BCUT2D eigenvalue weighted by atomic mass is 10.1. The van der Waals surface area contributed by atoms with Crippen LogP contribution in [0.1, 0.15) is 6.23 Å². The lowest BCUT2D eigenvalue weighted by Crippen LogP contribution is -2.33. The lowest BCUT2D eigenvalue weighted by molar-refractivity contribution is -0.0489. The average Bonchev–Trinajstić information content (AvgIpc) is 2.74. The molecular weight excluding hydrogens is 285 g/mol. The van der Waals surface area contributed by atoms with E-state index >= 15 is 0 Å². The number of pyridine rings is 1. The third kappa shape index (κ3) is 2.24. The molecule has 8 nitrogen and oxygen atoms in total. The molecule has 9 heteroatoms. The number of aliphatic hydroxyl groups excluding tert-OH is 2. The fraction of sp³-hybridized carbons (Fsp3) is 0.417. The van der Waals surface area contributed by atoms with Crippen LogP contribution in [0, 0.1) is 0 Å². The summed E-state index contributed by atoms with van der Waals surface area (Å²) in [4.78, 5) is 29.1. The third-order valence-corrected chi connectivity index (χ3v) is 3.38. The van der Waals surface area contributed by atoms with E-state index in [1.807, 2.05) is 0 Å². The van der Waals surface area contributed by atoms with Gasteiger partial charge in [-0.1, -0.05) is 0 Å². The van der Waals surface area contributed by atoms with Crippen LogP contribution >= 0.6 is 0 Å². The monoisotopic (exact) mass is 297 g/mol. The number of halogens is 1. The Hall–Kier alpha value is -2.10. The van der Waals surface area contributed by atoms with Gasteiger partial charge in [-0.15, -0.1) is 0 Å². The van der Waals surface area contributed by atoms with Crippen molar-refractivity contribution in [1.29, 1.82) is 0 Å². The zero-order valence-electron chi connectivity index (χ0n) is 10.6. The zero-order chi connectivity index (χ0) is 15.1. The Morgan fingerprint density at radius 1 is 1.43 bits per heavy atom. The highest BCUT2D eigenvalue weighted by Crippen LogP contribution is 2.30. The second kappa shape index (κ2) is 5.02. The van der Waals surface area contributed by atoms with Crippen molar-refractivity contribution in [3.8, 4) is 0 Å². The Balaban J connectivity index is 2.09. The summed E-state index contributed by atoms with van der Waals surface area (Å²) in [7, 11) is 0. The van der Waals surface area contributed by atoms with Crippen LogP contribution in [-0.2, 0) is 4.74 Å². The normalized spacial score (nSPS) is 29.1. The summed E-state index contributed by atoms with van der Waals surface area (Å²) in [6.45, 7) is -0.568. The molecule has 112 valence electrons. The Morgan fingerprint density at radius 3 is 2.86 bits per heavy atom. The van der Waals surface area contributed by atoms with E-state index in [2.05, 4.69) is 9.97 Å². The van der Waals surface area contributed by atoms with Crippen molar-refractivity contribution in [2.24, 2.45) is 0 Å². The van der Waals surface area contributed by atoms with Crippen LogP contribution in [0.3, 0.4) is 0 Å². The van der Waals surface area contributed by atoms with Gasteiger partial charge in [-0.3, -0.25) is 9.36 Å². The summed E-state index contributed by atoms with van der Waals surface area (Å²) < 4.78 is 20.1. The van der Waals surface area contributed by atoms with Gasteiger partial charge >= 0.3 is 5.69 Å². The average molecular weight is 297 g/mol. The quantitative estimate of drug-likeness (QED) is 0.632. The number of fused-ring (bicyclic) bond motifs is 1. The Kier molecular flexibility index (Phi) is 3.32. The highest BCUT2D eigenvalue weighted by molar-refractivity contribution is 5.72. The zero-order valence-corrected chi connectivity index (χ0v) is 10.6. The van der Waals surface area contributed by atoms with E-state index in [9.17, 15) is 19.1 Å². The van der Waals surface area contributed by atoms with Crippen LogP contribution in [0.5, 0.6) is 0 Å². The number of alkyl halides is 1. The summed E-state index contributed by atoms with van der Waals surface area (Å²) in [6, 6.07) is 2.67. The minimum absolute atomic E-state index is 0.0800. The van der Waals surface area contributed by atoms with Gasteiger partial charge in [0.1, 0.15) is 17.9 Å². The van der Waals surface area contributed by atoms with Gasteiger partial charge in [0, 0.05) is 17.6 Å². The van der Waals surface area contributed by atoms with Crippen molar-refractivity contribution in [3.63, 3.8) is 0 Å².